The van der Waals surface area contributed by atoms with Crippen LogP contribution < -0.4 is 14.8 Å². The zero-order valence-electron chi connectivity index (χ0n) is 15.2. The quantitative estimate of drug-likeness (QED) is 0.756. The van der Waals surface area contributed by atoms with Gasteiger partial charge in [-0.15, -0.1) is 0 Å². The molecule has 1 amide bonds. The van der Waals surface area contributed by atoms with Gasteiger partial charge in [-0.1, -0.05) is 12.1 Å². The Hall–Kier alpha value is -2.80. The average molecular weight is 374 g/mol. The number of morpholine rings is 1. The number of hydrogen-bond acceptors (Lipinski definition) is 5. The Labute approximate surface area is 157 Å². The Morgan fingerprint density at radius 1 is 1.19 bits per heavy atom. The van der Waals surface area contributed by atoms with Crippen molar-refractivity contribution in [3.05, 3.63) is 53.8 Å². The third-order valence-corrected chi connectivity index (χ3v) is 4.26. The molecule has 1 heterocycles. The van der Waals surface area contributed by atoms with Crippen LogP contribution in [0.1, 0.15) is 10.4 Å². The third-order valence-electron chi connectivity index (χ3n) is 4.26. The van der Waals surface area contributed by atoms with Crippen LogP contribution in [0, 0.1) is 5.82 Å². The van der Waals surface area contributed by atoms with E-state index in [1.54, 1.807) is 48.4 Å². The first-order valence-corrected chi connectivity index (χ1v) is 8.85. The maximum absolute atomic E-state index is 13.6. The molecule has 0 aromatic heterocycles. The summed E-state index contributed by atoms with van der Waals surface area (Å²) < 4.78 is 29.6. The first-order chi connectivity index (χ1) is 13.2. The van der Waals surface area contributed by atoms with Gasteiger partial charge in [-0.3, -0.25) is 4.79 Å². The van der Waals surface area contributed by atoms with E-state index in [4.69, 9.17) is 14.2 Å². The van der Waals surface area contributed by atoms with Gasteiger partial charge in [0.2, 0.25) is 0 Å². The van der Waals surface area contributed by atoms with Crippen LogP contribution in [0.4, 0.5) is 10.1 Å². The molecule has 2 aromatic carbocycles. The van der Waals surface area contributed by atoms with E-state index in [2.05, 4.69) is 5.32 Å². The number of methoxy groups -OCH3 is 1. The first kappa shape index (κ1) is 19.0. The fraction of sp³-hybridized carbons (Fsp3) is 0.350. The van der Waals surface area contributed by atoms with Gasteiger partial charge in [0.1, 0.15) is 12.4 Å². The summed E-state index contributed by atoms with van der Waals surface area (Å²) in [6.07, 6.45) is 0. The normalized spacial score (nSPS) is 13.9. The molecule has 1 fully saturated rings. The molecule has 1 aliphatic heterocycles. The molecule has 7 heteroatoms. The van der Waals surface area contributed by atoms with Gasteiger partial charge in [0.05, 0.1) is 26.0 Å². The number of carbonyl (C=O) groups is 1. The standard InChI is InChI=1S/C20H23FN2O4/c1-25-19-7-6-15(20(24)23-9-12-26-13-10-23)14-17(19)22-8-11-27-18-5-3-2-4-16(18)21/h2-7,14,22H,8-13H2,1H3. The van der Waals surface area contributed by atoms with E-state index in [1.165, 1.54) is 6.07 Å². The number of para-hydroxylation sites is 1. The number of benzene rings is 2. The maximum Gasteiger partial charge on any atom is 0.254 e. The van der Waals surface area contributed by atoms with E-state index in [0.717, 1.165) is 0 Å². The van der Waals surface area contributed by atoms with Crippen LogP contribution in [0.5, 0.6) is 11.5 Å². The Bertz CT molecular complexity index is 778. The van der Waals surface area contributed by atoms with Crippen molar-refractivity contribution in [2.75, 3.05) is 51.9 Å². The molecule has 3 rings (SSSR count). The summed E-state index contributed by atoms with van der Waals surface area (Å²) in [5, 5.41) is 3.18. The molecule has 0 bridgehead atoms. The van der Waals surface area contributed by atoms with Crippen LogP contribution in [-0.2, 0) is 4.74 Å². The minimum Gasteiger partial charge on any atom is -0.495 e. The Morgan fingerprint density at radius 2 is 1.96 bits per heavy atom. The van der Waals surface area contributed by atoms with Crippen molar-refractivity contribution >= 4 is 11.6 Å². The number of ether oxygens (including phenoxy) is 3. The van der Waals surface area contributed by atoms with Crippen LogP contribution in [0.15, 0.2) is 42.5 Å². The van der Waals surface area contributed by atoms with Gasteiger partial charge in [-0.2, -0.15) is 0 Å². The highest BCUT2D eigenvalue weighted by Crippen LogP contribution is 2.26. The lowest BCUT2D eigenvalue weighted by Gasteiger charge is -2.27. The third kappa shape index (κ3) is 4.89. The zero-order valence-corrected chi connectivity index (χ0v) is 15.2. The van der Waals surface area contributed by atoms with Crippen LogP contribution in [0.2, 0.25) is 0 Å². The van der Waals surface area contributed by atoms with Crippen molar-refractivity contribution in [2.24, 2.45) is 0 Å². The van der Waals surface area contributed by atoms with Gasteiger partial charge in [0.15, 0.2) is 11.6 Å². The molecule has 0 atom stereocenters. The second kappa shape index (κ2) is 9.23. The smallest absolute Gasteiger partial charge is 0.254 e. The molecule has 1 aliphatic rings. The number of hydrogen-bond donors (Lipinski definition) is 1. The second-order valence-corrected chi connectivity index (χ2v) is 6.03. The molecule has 0 radical (unpaired) electrons. The van der Waals surface area contributed by atoms with E-state index >= 15 is 0 Å². The number of rotatable bonds is 7. The lowest BCUT2D eigenvalue weighted by Crippen LogP contribution is -2.40. The largest absolute Gasteiger partial charge is 0.495 e. The minimum absolute atomic E-state index is 0.0355. The molecule has 2 aromatic rings. The Kier molecular flexibility index (Phi) is 6.49. The molecule has 1 saturated heterocycles. The molecule has 0 unspecified atom stereocenters. The lowest BCUT2D eigenvalue weighted by atomic mass is 10.1. The van der Waals surface area contributed by atoms with Crippen molar-refractivity contribution in [1.29, 1.82) is 0 Å². The van der Waals surface area contributed by atoms with E-state index in [9.17, 15) is 9.18 Å². The summed E-state index contributed by atoms with van der Waals surface area (Å²) >= 11 is 0. The Morgan fingerprint density at radius 3 is 2.70 bits per heavy atom. The summed E-state index contributed by atoms with van der Waals surface area (Å²) in [5.41, 5.74) is 1.27. The van der Waals surface area contributed by atoms with Crippen LogP contribution in [-0.4, -0.2) is 57.4 Å². The number of nitrogens with one attached hydrogen (secondary N) is 1. The molecule has 1 N–H and O–H groups in total. The van der Waals surface area contributed by atoms with Crippen molar-refractivity contribution < 1.29 is 23.4 Å². The summed E-state index contributed by atoms with van der Waals surface area (Å²) in [6.45, 7) is 2.99. The molecule has 27 heavy (non-hydrogen) atoms. The molecule has 0 spiro atoms. The molecular weight excluding hydrogens is 351 g/mol. The fourth-order valence-corrected chi connectivity index (χ4v) is 2.84. The highest BCUT2D eigenvalue weighted by molar-refractivity contribution is 5.95. The number of halogens is 1. The number of anilines is 1. The van der Waals surface area contributed by atoms with E-state index < -0.39 is 5.82 Å². The van der Waals surface area contributed by atoms with E-state index in [0.29, 0.717) is 49.8 Å². The van der Waals surface area contributed by atoms with Crippen molar-refractivity contribution in [3.8, 4) is 11.5 Å². The highest BCUT2D eigenvalue weighted by Gasteiger charge is 2.19. The van der Waals surface area contributed by atoms with Crippen molar-refractivity contribution in [1.82, 2.24) is 4.90 Å². The predicted octanol–water partition coefficient (Wildman–Crippen LogP) is 2.80. The van der Waals surface area contributed by atoms with Gasteiger partial charge in [0, 0.05) is 25.2 Å². The number of carbonyl (C=O) groups excluding carboxylic acids is 1. The maximum atomic E-state index is 13.6. The molecular formula is C20H23FN2O4. The first-order valence-electron chi connectivity index (χ1n) is 8.85. The molecule has 6 nitrogen and oxygen atoms in total. The van der Waals surface area contributed by atoms with Gasteiger partial charge < -0.3 is 24.4 Å². The van der Waals surface area contributed by atoms with E-state index in [1.807, 2.05) is 0 Å². The SMILES string of the molecule is COc1ccc(C(=O)N2CCOCC2)cc1NCCOc1ccccc1F. The summed E-state index contributed by atoms with van der Waals surface area (Å²) in [4.78, 5) is 14.4. The molecule has 0 saturated carbocycles. The highest BCUT2D eigenvalue weighted by atomic mass is 19.1. The number of amides is 1. The number of nitrogens with zero attached hydrogens (tertiary/aromatic N) is 1. The van der Waals surface area contributed by atoms with Gasteiger partial charge in [-0.05, 0) is 30.3 Å². The second-order valence-electron chi connectivity index (χ2n) is 6.03. The van der Waals surface area contributed by atoms with E-state index in [-0.39, 0.29) is 18.3 Å². The predicted molar refractivity (Wildman–Crippen MR) is 100 cm³/mol. The van der Waals surface area contributed by atoms with Crippen LogP contribution >= 0.6 is 0 Å². The minimum atomic E-state index is -0.395. The van der Waals surface area contributed by atoms with Crippen LogP contribution in [0.25, 0.3) is 0 Å². The zero-order chi connectivity index (χ0) is 19.1. The van der Waals surface area contributed by atoms with Crippen molar-refractivity contribution in [3.63, 3.8) is 0 Å². The molecule has 144 valence electrons. The van der Waals surface area contributed by atoms with Crippen LogP contribution in [0.3, 0.4) is 0 Å². The average Bonchev–Trinajstić information content (AvgIpc) is 2.72. The van der Waals surface area contributed by atoms with Gasteiger partial charge in [-0.25, -0.2) is 4.39 Å². The lowest BCUT2D eigenvalue weighted by molar-refractivity contribution is 0.0303. The van der Waals surface area contributed by atoms with Gasteiger partial charge in [0.25, 0.3) is 5.91 Å². The monoisotopic (exact) mass is 374 g/mol. The summed E-state index contributed by atoms with van der Waals surface area (Å²) in [7, 11) is 1.57. The van der Waals surface area contributed by atoms with Crippen molar-refractivity contribution in [2.45, 2.75) is 0 Å². The summed E-state index contributed by atoms with van der Waals surface area (Å²) in [6, 6.07) is 11.5. The van der Waals surface area contributed by atoms with Gasteiger partial charge >= 0.3 is 0 Å². The summed E-state index contributed by atoms with van der Waals surface area (Å²) in [5.74, 6) is 0.404. The Balaban J connectivity index is 1.61. The molecule has 0 aliphatic carbocycles. The fourth-order valence-electron chi connectivity index (χ4n) is 2.84. The topological polar surface area (TPSA) is 60.0 Å².